The maximum absolute atomic E-state index is 12.0. The third-order valence-electron chi connectivity index (χ3n) is 3.07. The number of nitrogens with two attached hydrogens (primary N) is 1. The first-order valence-corrected chi connectivity index (χ1v) is 8.33. The molecule has 1 amide bonds. The van der Waals surface area contributed by atoms with Gasteiger partial charge in [0, 0.05) is 35.3 Å². The Labute approximate surface area is 135 Å². The van der Waals surface area contributed by atoms with Crippen molar-refractivity contribution in [2.45, 2.75) is 19.1 Å². The molecule has 0 saturated heterocycles. The summed E-state index contributed by atoms with van der Waals surface area (Å²) in [6.07, 6.45) is 1.68. The number of nitrogens with one attached hydrogen (secondary N) is 1. The molecule has 2 aromatic rings. The zero-order valence-corrected chi connectivity index (χ0v) is 13.7. The second kappa shape index (κ2) is 7.84. The van der Waals surface area contributed by atoms with Gasteiger partial charge in [-0.05, 0) is 29.5 Å². The fourth-order valence-corrected chi connectivity index (χ4v) is 2.65. The average molecular weight is 315 g/mol. The van der Waals surface area contributed by atoms with E-state index >= 15 is 0 Å². The molecule has 5 heteroatoms. The van der Waals surface area contributed by atoms with Crippen LogP contribution >= 0.6 is 11.8 Å². The molecular weight excluding hydrogens is 294 g/mol. The SMILES string of the molecule is CC(C)SCCNC(=O)c1ccc(-c2cc(N)ccn2)cc1. The Morgan fingerprint density at radius 3 is 2.64 bits per heavy atom. The summed E-state index contributed by atoms with van der Waals surface area (Å²) in [5.41, 5.74) is 8.84. The maximum Gasteiger partial charge on any atom is 0.251 e. The molecule has 0 aliphatic rings. The van der Waals surface area contributed by atoms with Crippen molar-refractivity contribution in [3.05, 3.63) is 48.2 Å². The van der Waals surface area contributed by atoms with Gasteiger partial charge < -0.3 is 11.1 Å². The molecule has 1 aromatic heterocycles. The van der Waals surface area contributed by atoms with E-state index in [9.17, 15) is 4.79 Å². The number of thioether (sulfide) groups is 1. The number of anilines is 1. The van der Waals surface area contributed by atoms with Gasteiger partial charge in [-0.1, -0.05) is 26.0 Å². The van der Waals surface area contributed by atoms with E-state index in [0.717, 1.165) is 17.0 Å². The predicted molar refractivity (Wildman–Crippen MR) is 94.0 cm³/mol. The highest BCUT2D eigenvalue weighted by Gasteiger charge is 2.06. The van der Waals surface area contributed by atoms with Crippen LogP contribution in [-0.2, 0) is 0 Å². The molecule has 2 rings (SSSR count). The minimum Gasteiger partial charge on any atom is -0.399 e. The van der Waals surface area contributed by atoms with Gasteiger partial charge in [-0.3, -0.25) is 9.78 Å². The molecule has 4 nitrogen and oxygen atoms in total. The molecule has 1 heterocycles. The second-order valence-corrected chi connectivity index (χ2v) is 6.91. The van der Waals surface area contributed by atoms with Crippen molar-refractivity contribution >= 4 is 23.4 Å². The first kappa shape index (κ1) is 16.4. The summed E-state index contributed by atoms with van der Waals surface area (Å²) in [5, 5.41) is 3.51. The maximum atomic E-state index is 12.0. The van der Waals surface area contributed by atoms with E-state index in [-0.39, 0.29) is 5.91 Å². The first-order valence-electron chi connectivity index (χ1n) is 7.28. The van der Waals surface area contributed by atoms with Crippen molar-refractivity contribution in [3.63, 3.8) is 0 Å². The van der Waals surface area contributed by atoms with Crippen LogP contribution in [0.25, 0.3) is 11.3 Å². The van der Waals surface area contributed by atoms with Crippen molar-refractivity contribution in [1.82, 2.24) is 10.3 Å². The van der Waals surface area contributed by atoms with E-state index < -0.39 is 0 Å². The van der Waals surface area contributed by atoms with Crippen molar-refractivity contribution in [2.75, 3.05) is 18.0 Å². The molecule has 0 aliphatic carbocycles. The summed E-state index contributed by atoms with van der Waals surface area (Å²) in [5.74, 6) is 0.880. The molecule has 116 valence electrons. The number of pyridine rings is 1. The minimum atomic E-state index is -0.0450. The third kappa shape index (κ3) is 4.77. The van der Waals surface area contributed by atoms with E-state index in [1.54, 1.807) is 12.3 Å². The minimum absolute atomic E-state index is 0.0450. The quantitative estimate of drug-likeness (QED) is 0.803. The van der Waals surface area contributed by atoms with Gasteiger partial charge in [0.25, 0.3) is 5.91 Å². The van der Waals surface area contributed by atoms with Gasteiger partial charge in [0.2, 0.25) is 0 Å². The van der Waals surface area contributed by atoms with Crippen LogP contribution in [0.2, 0.25) is 0 Å². The highest BCUT2D eigenvalue weighted by molar-refractivity contribution is 7.99. The highest BCUT2D eigenvalue weighted by atomic mass is 32.2. The van der Waals surface area contributed by atoms with E-state index in [2.05, 4.69) is 24.1 Å². The van der Waals surface area contributed by atoms with Crippen LogP contribution in [0.4, 0.5) is 5.69 Å². The molecule has 0 fully saturated rings. The van der Waals surface area contributed by atoms with Gasteiger partial charge in [0.15, 0.2) is 0 Å². The van der Waals surface area contributed by atoms with Crippen LogP contribution in [-0.4, -0.2) is 28.4 Å². The van der Waals surface area contributed by atoms with Crippen LogP contribution in [0.5, 0.6) is 0 Å². The van der Waals surface area contributed by atoms with E-state index in [0.29, 0.717) is 23.0 Å². The van der Waals surface area contributed by atoms with E-state index in [4.69, 9.17) is 5.73 Å². The topological polar surface area (TPSA) is 68.0 Å². The summed E-state index contributed by atoms with van der Waals surface area (Å²) < 4.78 is 0. The molecule has 0 bridgehead atoms. The Kier molecular flexibility index (Phi) is 5.83. The number of nitrogens with zero attached hydrogens (tertiary/aromatic N) is 1. The van der Waals surface area contributed by atoms with Crippen LogP contribution in [0, 0.1) is 0 Å². The molecular formula is C17H21N3OS. The van der Waals surface area contributed by atoms with Crippen LogP contribution < -0.4 is 11.1 Å². The predicted octanol–water partition coefficient (Wildman–Crippen LogP) is 3.20. The lowest BCUT2D eigenvalue weighted by molar-refractivity contribution is 0.0956. The molecule has 0 aliphatic heterocycles. The van der Waals surface area contributed by atoms with Gasteiger partial charge in [-0.15, -0.1) is 0 Å². The van der Waals surface area contributed by atoms with Crippen LogP contribution in [0.15, 0.2) is 42.6 Å². The number of carbonyl (C=O) groups is 1. The smallest absolute Gasteiger partial charge is 0.251 e. The Morgan fingerprint density at radius 1 is 1.27 bits per heavy atom. The lowest BCUT2D eigenvalue weighted by Crippen LogP contribution is -2.25. The summed E-state index contributed by atoms with van der Waals surface area (Å²) in [4.78, 5) is 16.3. The number of benzene rings is 1. The molecule has 0 unspecified atom stereocenters. The monoisotopic (exact) mass is 315 g/mol. The fraction of sp³-hybridized carbons (Fsp3) is 0.294. The van der Waals surface area contributed by atoms with Gasteiger partial charge in [0.05, 0.1) is 5.69 Å². The van der Waals surface area contributed by atoms with Crippen molar-refractivity contribution in [1.29, 1.82) is 0 Å². The Morgan fingerprint density at radius 2 is 2.00 bits per heavy atom. The molecule has 22 heavy (non-hydrogen) atoms. The lowest BCUT2D eigenvalue weighted by Gasteiger charge is -2.08. The number of aromatic nitrogens is 1. The Balaban J connectivity index is 1.95. The molecule has 0 spiro atoms. The average Bonchev–Trinajstić information content (AvgIpc) is 2.51. The van der Waals surface area contributed by atoms with Gasteiger partial charge in [-0.2, -0.15) is 11.8 Å². The first-order chi connectivity index (χ1) is 10.6. The lowest BCUT2D eigenvalue weighted by atomic mass is 10.1. The number of nitrogen functional groups attached to an aromatic ring is 1. The van der Waals surface area contributed by atoms with Crippen molar-refractivity contribution < 1.29 is 4.79 Å². The van der Waals surface area contributed by atoms with Crippen molar-refractivity contribution in [2.24, 2.45) is 0 Å². The standard InChI is InChI=1S/C17H21N3OS/c1-12(2)22-10-9-20-17(21)14-5-3-13(4-6-14)16-11-15(18)7-8-19-16/h3-8,11-12H,9-10H2,1-2H3,(H2,18,19)(H,20,21). The fourth-order valence-electron chi connectivity index (χ4n) is 1.96. The zero-order valence-electron chi connectivity index (χ0n) is 12.9. The number of rotatable bonds is 6. The molecule has 0 saturated carbocycles. The van der Waals surface area contributed by atoms with E-state index in [1.165, 1.54) is 0 Å². The Hall–Kier alpha value is -2.01. The number of amides is 1. The molecule has 0 radical (unpaired) electrons. The largest absolute Gasteiger partial charge is 0.399 e. The Bertz CT molecular complexity index is 626. The summed E-state index contributed by atoms with van der Waals surface area (Å²) in [7, 11) is 0. The summed E-state index contributed by atoms with van der Waals surface area (Å²) >= 11 is 1.83. The van der Waals surface area contributed by atoms with Gasteiger partial charge in [0.1, 0.15) is 0 Å². The molecule has 3 N–H and O–H groups in total. The highest BCUT2D eigenvalue weighted by Crippen LogP contribution is 2.19. The molecule has 1 aromatic carbocycles. The number of carbonyl (C=O) groups excluding carboxylic acids is 1. The van der Waals surface area contributed by atoms with Crippen molar-refractivity contribution in [3.8, 4) is 11.3 Å². The molecule has 0 atom stereocenters. The summed E-state index contributed by atoms with van der Waals surface area (Å²) in [6, 6.07) is 11.0. The van der Waals surface area contributed by atoms with E-state index in [1.807, 2.05) is 42.1 Å². The zero-order chi connectivity index (χ0) is 15.9. The third-order valence-corrected chi connectivity index (χ3v) is 4.17. The van der Waals surface area contributed by atoms with Crippen LogP contribution in [0.1, 0.15) is 24.2 Å². The second-order valence-electron chi connectivity index (χ2n) is 5.23. The number of hydrogen-bond acceptors (Lipinski definition) is 4. The van der Waals surface area contributed by atoms with Gasteiger partial charge in [-0.25, -0.2) is 0 Å². The van der Waals surface area contributed by atoms with Crippen LogP contribution in [0.3, 0.4) is 0 Å². The summed E-state index contributed by atoms with van der Waals surface area (Å²) in [6.45, 7) is 4.98. The normalized spacial score (nSPS) is 10.7. The van der Waals surface area contributed by atoms with Gasteiger partial charge >= 0.3 is 0 Å². The number of hydrogen-bond donors (Lipinski definition) is 2.